The maximum atomic E-state index is 14.0. The molecule has 3 rings (SSSR count). The van der Waals surface area contributed by atoms with Gasteiger partial charge in [0.05, 0.1) is 27.3 Å². The SMILES string of the molecule is COc1cc(C[C@H](Nc2cccc(-c3ccccc3)c2)C(=O)N[C@@H](C(=O)N[C@@H](CC(C)C)B(O)O)C(C)C)cc(OC)c1OC. The number of rotatable bonds is 16. The summed E-state index contributed by atoms with van der Waals surface area (Å²) in [4.78, 5) is 27.4. The van der Waals surface area contributed by atoms with E-state index >= 15 is 0 Å². The molecule has 2 amide bonds. The zero-order chi connectivity index (χ0) is 33.1. The highest BCUT2D eigenvalue weighted by Crippen LogP contribution is 2.38. The maximum Gasteiger partial charge on any atom is 0.475 e. The number of hydrogen-bond donors (Lipinski definition) is 5. The van der Waals surface area contributed by atoms with Crippen LogP contribution in [0.4, 0.5) is 5.69 Å². The topological polar surface area (TPSA) is 138 Å². The Bertz CT molecular complexity index is 1380. The van der Waals surface area contributed by atoms with E-state index in [4.69, 9.17) is 14.2 Å². The minimum Gasteiger partial charge on any atom is -0.493 e. The second kappa shape index (κ2) is 16.7. The predicted molar refractivity (Wildman–Crippen MR) is 177 cm³/mol. The summed E-state index contributed by atoms with van der Waals surface area (Å²) in [6.07, 6.45) is 0.584. The third kappa shape index (κ3) is 9.89. The number of methoxy groups -OCH3 is 3. The smallest absolute Gasteiger partial charge is 0.475 e. The van der Waals surface area contributed by atoms with Gasteiger partial charge in [-0.2, -0.15) is 0 Å². The summed E-state index contributed by atoms with van der Waals surface area (Å²) in [5.74, 6) is -0.597. The van der Waals surface area contributed by atoms with Gasteiger partial charge in [-0.05, 0) is 59.2 Å². The maximum absolute atomic E-state index is 14.0. The second-order valence-corrected chi connectivity index (χ2v) is 11.8. The summed E-state index contributed by atoms with van der Waals surface area (Å²) in [5.41, 5.74) is 3.47. The molecule has 10 nitrogen and oxygen atoms in total. The van der Waals surface area contributed by atoms with Crippen molar-refractivity contribution in [1.82, 2.24) is 10.6 Å². The Morgan fingerprint density at radius 3 is 1.93 bits per heavy atom. The van der Waals surface area contributed by atoms with Crippen molar-refractivity contribution in [1.29, 1.82) is 0 Å². The number of carbonyl (C=O) groups is 2. The summed E-state index contributed by atoms with van der Waals surface area (Å²) in [6, 6.07) is 19.5. The fourth-order valence-corrected chi connectivity index (χ4v) is 5.14. The molecular weight excluding hydrogens is 573 g/mol. The number of anilines is 1. The molecule has 0 aliphatic rings. The summed E-state index contributed by atoms with van der Waals surface area (Å²) >= 11 is 0. The molecule has 0 spiro atoms. The average molecular weight is 620 g/mol. The van der Waals surface area contributed by atoms with Crippen molar-refractivity contribution in [3.05, 3.63) is 72.3 Å². The Kier molecular flexibility index (Phi) is 13.1. The molecule has 0 saturated carbocycles. The molecule has 0 saturated heterocycles. The standard InChI is InChI=1S/C34H46BN3O7/c1-21(2)16-30(35(41)42)37-34(40)31(22(3)4)38-33(39)27(17-23-18-28(43-5)32(45-7)29(19-23)44-6)36-26-15-11-14-25(20-26)24-12-9-8-10-13-24/h8-15,18-22,27,30-31,36,41-42H,16-17H2,1-7H3,(H,37,40)(H,38,39)/t27-,30-,31+/m0/s1. The van der Waals surface area contributed by atoms with Crippen molar-refractivity contribution in [2.24, 2.45) is 11.8 Å². The molecule has 0 fully saturated rings. The van der Waals surface area contributed by atoms with Crippen LogP contribution < -0.4 is 30.2 Å². The van der Waals surface area contributed by atoms with Crippen molar-refractivity contribution in [3.63, 3.8) is 0 Å². The van der Waals surface area contributed by atoms with Gasteiger partial charge in [-0.3, -0.25) is 9.59 Å². The highest BCUT2D eigenvalue weighted by molar-refractivity contribution is 6.43. The summed E-state index contributed by atoms with van der Waals surface area (Å²) in [7, 11) is 2.85. The molecule has 0 aliphatic heterocycles. The summed E-state index contributed by atoms with van der Waals surface area (Å²) in [6.45, 7) is 7.50. The Morgan fingerprint density at radius 1 is 0.778 bits per heavy atom. The fraction of sp³-hybridized carbons (Fsp3) is 0.412. The van der Waals surface area contributed by atoms with E-state index in [1.807, 2.05) is 82.3 Å². The molecule has 45 heavy (non-hydrogen) atoms. The minimum atomic E-state index is -1.73. The molecule has 5 N–H and O–H groups in total. The Morgan fingerprint density at radius 2 is 1.40 bits per heavy atom. The van der Waals surface area contributed by atoms with E-state index < -0.39 is 37.0 Å². The van der Waals surface area contributed by atoms with E-state index in [0.717, 1.165) is 22.4 Å². The minimum absolute atomic E-state index is 0.114. The lowest BCUT2D eigenvalue weighted by Crippen LogP contribution is -2.57. The van der Waals surface area contributed by atoms with E-state index in [0.29, 0.717) is 23.7 Å². The Hall–Kier alpha value is -4.22. The molecule has 0 radical (unpaired) electrons. The number of nitrogens with one attached hydrogen (secondary N) is 3. The molecule has 3 aromatic rings. The van der Waals surface area contributed by atoms with Crippen LogP contribution in [0.1, 0.15) is 39.7 Å². The van der Waals surface area contributed by atoms with Crippen molar-refractivity contribution in [2.75, 3.05) is 26.6 Å². The lowest BCUT2D eigenvalue weighted by atomic mass is 9.75. The van der Waals surface area contributed by atoms with Gasteiger partial charge in [-0.25, -0.2) is 0 Å². The van der Waals surface area contributed by atoms with Gasteiger partial charge in [0.1, 0.15) is 12.1 Å². The first-order valence-corrected chi connectivity index (χ1v) is 15.1. The molecule has 0 heterocycles. The largest absolute Gasteiger partial charge is 0.493 e. The predicted octanol–water partition coefficient (Wildman–Crippen LogP) is 4.09. The lowest BCUT2D eigenvalue weighted by molar-refractivity contribution is -0.130. The van der Waals surface area contributed by atoms with E-state index in [1.54, 1.807) is 12.1 Å². The molecule has 0 aromatic heterocycles. The molecule has 11 heteroatoms. The lowest BCUT2D eigenvalue weighted by Gasteiger charge is -2.28. The van der Waals surface area contributed by atoms with Crippen molar-refractivity contribution in [2.45, 2.75) is 58.6 Å². The van der Waals surface area contributed by atoms with E-state index in [-0.39, 0.29) is 18.3 Å². The van der Waals surface area contributed by atoms with Crippen LogP contribution in [0.5, 0.6) is 17.2 Å². The first-order chi connectivity index (χ1) is 21.5. The summed E-state index contributed by atoms with van der Waals surface area (Å²) < 4.78 is 16.5. The molecule has 0 unspecified atom stereocenters. The first-order valence-electron chi connectivity index (χ1n) is 15.1. The molecular formula is C34H46BN3O7. The van der Waals surface area contributed by atoms with Crippen LogP contribution in [0.3, 0.4) is 0 Å². The highest BCUT2D eigenvalue weighted by Gasteiger charge is 2.33. The van der Waals surface area contributed by atoms with Crippen molar-refractivity contribution in [3.8, 4) is 28.4 Å². The number of benzene rings is 3. The second-order valence-electron chi connectivity index (χ2n) is 11.8. The van der Waals surface area contributed by atoms with Crippen LogP contribution in [-0.2, 0) is 16.0 Å². The number of carbonyl (C=O) groups excluding carboxylic acids is 2. The number of hydrogen-bond acceptors (Lipinski definition) is 8. The quantitative estimate of drug-likeness (QED) is 0.151. The number of ether oxygens (including phenoxy) is 3. The van der Waals surface area contributed by atoms with Crippen LogP contribution >= 0.6 is 0 Å². The Balaban J connectivity index is 1.95. The zero-order valence-corrected chi connectivity index (χ0v) is 27.2. The van der Waals surface area contributed by atoms with Crippen LogP contribution in [0, 0.1) is 11.8 Å². The van der Waals surface area contributed by atoms with Crippen LogP contribution in [-0.4, -0.2) is 68.3 Å². The van der Waals surface area contributed by atoms with E-state index in [1.165, 1.54) is 21.3 Å². The van der Waals surface area contributed by atoms with Crippen molar-refractivity contribution >= 4 is 24.6 Å². The molecule has 0 aliphatic carbocycles. The van der Waals surface area contributed by atoms with Gasteiger partial charge in [0.25, 0.3) is 0 Å². The summed E-state index contributed by atoms with van der Waals surface area (Å²) in [5, 5.41) is 28.8. The zero-order valence-electron chi connectivity index (χ0n) is 27.2. The molecule has 3 atom stereocenters. The van der Waals surface area contributed by atoms with Gasteiger partial charge in [0.15, 0.2) is 11.5 Å². The van der Waals surface area contributed by atoms with E-state index in [9.17, 15) is 19.6 Å². The normalized spacial score (nSPS) is 13.0. The third-order valence-corrected chi connectivity index (χ3v) is 7.45. The van der Waals surface area contributed by atoms with Crippen LogP contribution in [0.2, 0.25) is 0 Å². The van der Waals surface area contributed by atoms with Crippen LogP contribution in [0.15, 0.2) is 66.7 Å². The molecule has 242 valence electrons. The van der Waals surface area contributed by atoms with Gasteiger partial charge in [0.2, 0.25) is 17.6 Å². The average Bonchev–Trinajstić information content (AvgIpc) is 3.02. The Labute approximate surface area is 266 Å². The first kappa shape index (κ1) is 35.3. The highest BCUT2D eigenvalue weighted by atomic mass is 16.5. The molecule has 3 aromatic carbocycles. The fourth-order valence-electron chi connectivity index (χ4n) is 5.14. The van der Waals surface area contributed by atoms with Gasteiger partial charge >= 0.3 is 7.12 Å². The third-order valence-electron chi connectivity index (χ3n) is 7.45. The van der Waals surface area contributed by atoms with Gasteiger partial charge in [-0.15, -0.1) is 0 Å². The van der Waals surface area contributed by atoms with Gasteiger partial charge < -0.3 is 40.2 Å². The molecule has 0 bridgehead atoms. The number of amides is 2. The van der Waals surface area contributed by atoms with Crippen LogP contribution in [0.25, 0.3) is 11.1 Å². The van der Waals surface area contributed by atoms with Gasteiger partial charge in [-0.1, -0.05) is 70.2 Å². The van der Waals surface area contributed by atoms with Gasteiger partial charge in [0, 0.05) is 12.1 Å². The van der Waals surface area contributed by atoms with Crippen molar-refractivity contribution < 1.29 is 33.8 Å². The monoisotopic (exact) mass is 619 g/mol. The van der Waals surface area contributed by atoms with E-state index in [2.05, 4.69) is 16.0 Å².